The fourth-order valence-electron chi connectivity index (χ4n) is 2.40. The number of hydrogen-bond donors (Lipinski definition) is 2. The van der Waals surface area contributed by atoms with Gasteiger partial charge < -0.3 is 15.1 Å². The minimum Gasteiger partial charge on any atom is -0.441 e. The molecule has 0 unspecified atom stereocenters. The molecule has 0 radical (unpaired) electrons. The molecule has 0 spiro atoms. The topological polar surface area (TPSA) is 84.2 Å². The lowest BCUT2D eigenvalue weighted by molar-refractivity contribution is -0.116. The highest BCUT2D eigenvalue weighted by Gasteiger charge is 2.13. The Morgan fingerprint density at radius 2 is 1.96 bits per heavy atom. The Morgan fingerprint density at radius 3 is 2.73 bits per heavy atom. The number of aromatic nitrogens is 1. The van der Waals surface area contributed by atoms with E-state index in [4.69, 9.17) is 4.42 Å². The van der Waals surface area contributed by atoms with E-state index >= 15 is 0 Å². The Kier molecular flexibility index (Phi) is 4.92. The molecular formula is C18H15F2N3O3. The molecule has 0 aliphatic carbocycles. The Balaban J connectivity index is 1.52. The van der Waals surface area contributed by atoms with Gasteiger partial charge in [0, 0.05) is 31.6 Å². The molecule has 0 atom stereocenters. The summed E-state index contributed by atoms with van der Waals surface area (Å²) in [6, 6.07) is 7.72. The first-order valence-electron chi connectivity index (χ1n) is 7.82. The van der Waals surface area contributed by atoms with Gasteiger partial charge in [0.2, 0.25) is 5.91 Å². The van der Waals surface area contributed by atoms with E-state index in [1.54, 1.807) is 25.1 Å². The summed E-state index contributed by atoms with van der Waals surface area (Å²) in [5.74, 6) is -2.24. The third-order valence-corrected chi connectivity index (χ3v) is 3.59. The molecule has 6 nitrogen and oxygen atoms in total. The summed E-state index contributed by atoms with van der Waals surface area (Å²) in [6.07, 6.45) is -0.00949. The standard InChI is InChI=1S/C18H15F2N3O3/c1-10-22-15-9-12(3-5-16(15)26-10)23-17(24)6-7-21-18(25)13-4-2-11(19)8-14(13)20/h2-5,8-9H,6-7H2,1H3,(H,21,25)(H,23,24). The molecule has 2 amide bonds. The van der Waals surface area contributed by atoms with Gasteiger partial charge in [0.15, 0.2) is 11.5 Å². The molecule has 1 heterocycles. The van der Waals surface area contributed by atoms with E-state index in [0.29, 0.717) is 28.7 Å². The Labute approximate surface area is 147 Å². The number of amides is 2. The molecule has 3 aromatic rings. The zero-order chi connectivity index (χ0) is 18.7. The Hall–Kier alpha value is -3.29. The normalized spacial score (nSPS) is 10.7. The molecule has 8 heteroatoms. The van der Waals surface area contributed by atoms with Gasteiger partial charge in [-0.2, -0.15) is 0 Å². The number of carbonyl (C=O) groups excluding carboxylic acids is 2. The maximum atomic E-state index is 13.5. The number of rotatable bonds is 5. The number of hydrogen-bond acceptors (Lipinski definition) is 4. The van der Waals surface area contributed by atoms with Crippen molar-refractivity contribution in [2.45, 2.75) is 13.3 Å². The average Bonchev–Trinajstić information content (AvgIpc) is 2.94. The predicted octanol–water partition coefficient (Wildman–Crippen LogP) is 3.17. The number of anilines is 1. The molecule has 1 aromatic heterocycles. The van der Waals surface area contributed by atoms with E-state index in [0.717, 1.165) is 12.1 Å². The van der Waals surface area contributed by atoms with Crippen molar-refractivity contribution in [3.63, 3.8) is 0 Å². The van der Waals surface area contributed by atoms with Gasteiger partial charge in [0.05, 0.1) is 5.56 Å². The number of fused-ring (bicyclic) bond motifs is 1. The molecule has 2 N–H and O–H groups in total. The van der Waals surface area contributed by atoms with Gasteiger partial charge in [0.25, 0.3) is 5.91 Å². The molecule has 2 aromatic carbocycles. The molecule has 0 bridgehead atoms. The summed E-state index contributed by atoms with van der Waals surface area (Å²) >= 11 is 0. The van der Waals surface area contributed by atoms with Crippen LogP contribution >= 0.6 is 0 Å². The summed E-state index contributed by atoms with van der Waals surface area (Å²) < 4.78 is 31.7. The Morgan fingerprint density at radius 1 is 1.15 bits per heavy atom. The SMILES string of the molecule is Cc1nc2cc(NC(=O)CCNC(=O)c3ccc(F)cc3F)ccc2o1. The van der Waals surface area contributed by atoms with Crippen LogP contribution in [0.3, 0.4) is 0 Å². The second-order valence-electron chi connectivity index (χ2n) is 5.59. The quantitative estimate of drug-likeness (QED) is 0.733. The van der Waals surface area contributed by atoms with Gasteiger partial charge in [-0.05, 0) is 30.3 Å². The number of oxazole rings is 1. The van der Waals surface area contributed by atoms with Crippen molar-refractivity contribution in [2.24, 2.45) is 0 Å². The van der Waals surface area contributed by atoms with Gasteiger partial charge in [0.1, 0.15) is 17.2 Å². The van der Waals surface area contributed by atoms with Crippen LogP contribution in [0, 0.1) is 18.6 Å². The summed E-state index contributed by atoms with van der Waals surface area (Å²) in [5, 5.41) is 5.10. The van der Waals surface area contributed by atoms with Crippen molar-refractivity contribution in [3.05, 3.63) is 59.5 Å². The van der Waals surface area contributed by atoms with Crippen LogP contribution < -0.4 is 10.6 Å². The van der Waals surface area contributed by atoms with Crippen LogP contribution in [0.2, 0.25) is 0 Å². The smallest absolute Gasteiger partial charge is 0.254 e. The summed E-state index contributed by atoms with van der Waals surface area (Å²) in [5.41, 5.74) is 1.51. The largest absolute Gasteiger partial charge is 0.441 e. The lowest BCUT2D eigenvalue weighted by atomic mass is 10.2. The number of halogens is 2. The fourth-order valence-corrected chi connectivity index (χ4v) is 2.40. The van der Waals surface area contributed by atoms with Crippen LogP contribution in [0.5, 0.6) is 0 Å². The second-order valence-corrected chi connectivity index (χ2v) is 5.59. The minimum atomic E-state index is -0.955. The third kappa shape index (κ3) is 4.02. The average molecular weight is 359 g/mol. The molecule has 0 aliphatic rings. The van der Waals surface area contributed by atoms with Crippen LogP contribution in [0.4, 0.5) is 14.5 Å². The highest BCUT2D eigenvalue weighted by Crippen LogP contribution is 2.19. The van der Waals surface area contributed by atoms with E-state index in [2.05, 4.69) is 15.6 Å². The van der Waals surface area contributed by atoms with Gasteiger partial charge in [-0.3, -0.25) is 9.59 Å². The van der Waals surface area contributed by atoms with Gasteiger partial charge >= 0.3 is 0 Å². The molecule has 134 valence electrons. The lowest BCUT2D eigenvalue weighted by Gasteiger charge is -2.07. The molecule has 0 saturated carbocycles. The van der Waals surface area contributed by atoms with Crippen molar-refractivity contribution in [2.75, 3.05) is 11.9 Å². The van der Waals surface area contributed by atoms with Crippen molar-refractivity contribution >= 4 is 28.6 Å². The first-order chi connectivity index (χ1) is 12.4. The zero-order valence-electron chi connectivity index (χ0n) is 13.8. The van der Waals surface area contributed by atoms with Crippen LogP contribution in [0.1, 0.15) is 22.7 Å². The monoisotopic (exact) mass is 359 g/mol. The van der Waals surface area contributed by atoms with Crippen LogP contribution in [0.15, 0.2) is 40.8 Å². The van der Waals surface area contributed by atoms with Crippen molar-refractivity contribution in [1.29, 1.82) is 0 Å². The maximum Gasteiger partial charge on any atom is 0.254 e. The van der Waals surface area contributed by atoms with Gasteiger partial charge in [-0.1, -0.05) is 0 Å². The number of carbonyl (C=O) groups is 2. The molecule has 3 rings (SSSR count). The van der Waals surface area contributed by atoms with Crippen LogP contribution in [-0.2, 0) is 4.79 Å². The molecular weight excluding hydrogens is 344 g/mol. The van der Waals surface area contributed by atoms with Crippen LogP contribution in [0.25, 0.3) is 11.1 Å². The number of benzene rings is 2. The first-order valence-corrected chi connectivity index (χ1v) is 7.82. The molecule has 26 heavy (non-hydrogen) atoms. The third-order valence-electron chi connectivity index (χ3n) is 3.59. The van der Waals surface area contributed by atoms with Crippen molar-refractivity contribution in [1.82, 2.24) is 10.3 Å². The predicted molar refractivity (Wildman–Crippen MR) is 90.7 cm³/mol. The Bertz CT molecular complexity index is 985. The van der Waals surface area contributed by atoms with E-state index in [-0.39, 0.29) is 24.4 Å². The zero-order valence-corrected chi connectivity index (χ0v) is 13.8. The number of nitrogens with one attached hydrogen (secondary N) is 2. The van der Waals surface area contributed by atoms with Crippen molar-refractivity contribution < 1.29 is 22.8 Å². The fraction of sp³-hybridized carbons (Fsp3) is 0.167. The summed E-state index contributed by atoms with van der Waals surface area (Å²) in [7, 11) is 0. The minimum absolute atomic E-state index is 0.00674. The number of nitrogens with zero attached hydrogens (tertiary/aromatic N) is 1. The van der Waals surface area contributed by atoms with Crippen molar-refractivity contribution in [3.8, 4) is 0 Å². The molecule has 0 fully saturated rings. The lowest BCUT2D eigenvalue weighted by Crippen LogP contribution is -2.28. The highest BCUT2D eigenvalue weighted by molar-refractivity contribution is 5.96. The molecule has 0 saturated heterocycles. The summed E-state index contributed by atoms with van der Waals surface area (Å²) in [6.45, 7) is 1.73. The molecule has 0 aliphatic heterocycles. The number of aryl methyl sites for hydroxylation is 1. The first kappa shape index (κ1) is 17.5. The van der Waals surface area contributed by atoms with E-state index in [9.17, 15) is 18.4 Å². The summed E-state index contributed by atoms with van der Waals surface area (Å²) in [4.78, 5) is 28.0. The highest BCUT2D eigenvalue weighted by atomic mass is 19.1. The van der Waals surface area contributed by atoms with E-state index in [1.807, 2.05) is 0 Å². The van der Waals surface area contributed by atoms with E-state index in [1.165, 1.54) is 0 Å². The van der Waals surface area contributed by atoms with Crippen LogP contribution in [-0.4, -0.2) is 23.3 Å². The van der Waals surface area contributed by atoms with Gasteiger partial charge in [-0.25, -0.2) is 13.8 Å². The second kappa shape index (κ2) is 7.30. The maximum absolute atomic E-state index is 13.5. The van der Waals surface area contributed by atoms with Gasteiger partial charge in [-0.15, -0.1) is 0 Å². The van der Waals surface area contributed by atoms with E-state index < -0.39 is 17.5 Å².